The van der Waals surface area contributed by atoms with Crippen LogP contribution in [-0.4, -0.2) is 37.2 Å². The Morgan fingerprint density at radius 2 is 2.11 bits per heavy atom. The number of halogens is 2. The summed E-state index contributed by atoms with van der Waals surface area (Å²) < 4.78 is 26.1. The fraction of sp³-hybridized carbons (Fsp3) is 0.222. The number of carboxylic acid groups (broad SMARTS) is 1. The first kappa shape index (κ1) is 15.4. The Bertz CT molecular complexity index is 562. The van der Waals surface area contributed by atoms with Gasteiger partial charge in [0.05, 0.1) is 11.6 Å². The third-order valence-electron chi connectivity index (χ3n) is 1.96. The lowest BCUT2D eigenvalue weighted by atomic mass is 10.3. The smallest absolute Gasteiger partial charge is 0.324 e. The van der Waals surface area contributed by atoms with Crippen LogP contribution in [-0.2, 0) is 14.8 Å². The van der Waals surface area contributed by atoms with Crippen LogP contribution in [0.1, 0.15) is 0 Å². The average Bonchev–Trinajstić information content (AvgIpc) is 2.24. The predicted molar refractivity (Wildman–Crippen MR) is 68.0 cm³/mol. The van der Waals surface area contributed by atoms with Gasteiger partial charge in [0.2, 0.25) is 10.0 Å². The normalized spacial score (nSPS) is 13.3. The summed E-state index contributed by atoms with van der Waals surface area (Å²) in [6.07, 6.45) is 0. The van der Waals surface area contributed by atoms with Crippen LogP contribution in [0.3, 0.4) is 0 Å². The molecule has 0 aliphatic heterocycles. The van der Waals surface area contributed by atoms with E-state index in [0.29, 0.717) is 4.47 Å². The van der Waals surface area contributed by atoms with Gasteiger partial charge in [-0.2, -0.15) is 4.72 Å². The van der Waals surface area contributed by atoms with Gasteiger partial charge in [0.25, 0.3) is 0 Å². The second kappa shape index (κ2) is 5.98. The van der Waals surface area contributed by atoms with Crippen molar-refractivity contribution in [3.63, 3.8) is 0 Å². The van der Waals surface area contributed by atoms with Crippen LogP contribution < -0.4 is 4.72 Å². The van der Waals surface area contributed by atoms with E-state index in [-0.39, 0.29) is 9.92 Å². The Balaban J connectivity index is 3.10. The molecule has 0 saturated heterocycles. The average molecular weight is 359 g/mol. The number of sulfonamides is 1. The highest BCUT2D eigenvalue weighted by Crippen LogP contribution is 2.25. The van der Waals surface area contributed by atoms with E-state index in [9.17, 15) is 13.2 Å². The van der Waals surface area contributed by atoms with Crippen molar-refractivity contribution in [3.8, 4) is 0 Å². The third-order valence-corrected chi connectivity index (χ3v) is 4.41. The van der Waals surface area contributed by atoms with Crippen LogP contribution in [0.5, 0.6) is 0 Å². The zero-order chi connectivity index (χ0) is 13.9. The van der Waals surface area contributed by atoms with Gasteiger partial charge in [-0.1, -0.05) is 27.5 Å². The number of hydrogen-bond donors (Lipinski definition) is 3. The van der Waals surface area contributed by atoms with Crippen molar-refractivity contribution in [2.75, 3.05) is 6.61 Å². The van der Waals surface area contributed by atoms with E-state index in [1.54, 1.807) is 0 Å². The largest absolute Gasteiger partial charge is 0.480 e. The number of aliphatic hydroxyl groups excluding tert-OH is 1. The van der Waals surface area contributed by atoms with Crippen molar-refractivity contribution in [2.45, 2.75) is 10.9 Å². The van der Waals surface area contributed by atoms with E-state index in [1.165, 1.54) is 18.2 Å². The molecule has 0 unspecified atom stereocenters. The maximum absolute atomic E-state index is 11.9. The molecule has 0 amide bonds. The molecule has 1 aromatic carbocycles. The number of nitrogens with one attached hydrogen (secondary N) is 1. The molecule has 0 heterocycles. The van der Waals surface area contributed by atoms with Crippen LogP contribution in [0.4, 0.5) is 0 Å². The van der Waals surface area contributed by atoms with Gasteiger partial charge in [0, 0.05) is 4.47 Å². The van der Waals surface area contributed by atoms with E-state index in [0.717, 1.165) is 0 Å². The molecule has 9 heteroatoms. The molecule has 0 fully saturated rings. The molecule has 0 aliphatic rings. The first-order chi connectivity index (χ1) is 8.27. The molecular weight excluding hydrogens is 350 g/mol. The summed E-state index contributed by atoms with van der Waals surface area (Å²) in [5.41, 5.74) is 0. The standard InChI is InChI=1S/C9H9BrClNO5S/c10-5-1-2-8(6(11)3-5)18(16,17)12-7(4-13)9(14)15/h1-3,7,12-13H,4H2,(H,14,15)/t7-/m0/s1. The van der Waals surface area contributed by atoms with Crippen LogP contribution in [0.15, 0.2) is 27.6 Å². The molecule has 0 aromatic heterocycles. The minimum absolute atomic E-state index is 0.0565. The summed E-state index contributed by atoms with van der Waals surface area (Å²) >= 11 is 8.88. The van der Waals surface area contributed by atoms with Crippen molar-refractivity contribution in [3.05, 3.63) is 27.7 Å². The Hall–Kier alpha value is -0.670. The van der Waals surface area contributed by atoms with Crippen molar-refractivity contribution < 1.29 is 23.4 Å². The molecule has 6 nitrogen and oxygen atoms in total. The SMILES string of the molecule is O=C(O)[C@H](CO)NS(=O)(=O)c1ccc(Br)cc1Cl. The minimum Gasteiger partial charge on any atom is -0.480 e. The van der Waals surface area contributed by atoms with Gasteiger partial charge in [0.15, 0.2) is 0 Å². The summed E-state index contributed by atoms with van der Waals surface area (Å²) in [5, 5.41) is 17.4. The van der Waals surface area contributed by atoms with Crippen LogP contribution in [0.2, 0.25) is 5.02 Å². The minimum atomic E-state index is -4.11. The quantitative estimate of drug-likeness (QED) is 0.723. The van der Waals surface area contributed by atoms with E-state index >= 15 is 0 Å². The molecule has 0 radical (unpaired) electrons. The number of benzene rings is 1. The fourth-order valence-electron chi connectivity index (χ4n) is 1.11. The molecule has 1 aromatic rings. The lowest BCUT2D eigenvalue weighted by Crippen LogP contribution is -2.43. The first-order valence-corrected chi connectivity index (χ1v) is 7.24. The van der Waals surface area contributed by atoms with Crippen molar-refractivity contribution >= 4 is 43.5 Å². The zero-order valence-corrected chi connectivity index (χ0v) is 12.0. The monoisotopic (exact) mass is 357 g/mol. The first-order valence-electron chi connectivity index (χ1n) is 4.59. The van der Waals surface area contributed by atoms with E-state index in [2.05, 4.69) is 15.9 Å². The topological polar surface area (TPSA) is 104 Å². The highest BCUT2D eigenvalue weighted by molar-refractivity contribution is 9.10. The molecule has 0 bridgehead atoms. The molecule has 18 heavy (non-hydrogen) atoms. The molecule has 1 rings (SSSR count). The van der Waals surface area contributed by atoms with Gasteiger partial charge in [-0.25, -0.2) is 8.42 Å². The number of aliphatic hydroxyl groups is 1. The number of rotatable bonds is 5. The maximum Gasteiger partial charge on any atom is 0.324 e. The van der Waals surface area contributed by atoms with Crippen LogP contribution in [0, 0.1) is 0 Å². The van der Waals surface area contributed by atoms with Gasteiger partial charge in [-0.3, -0.25) is 4.79 Å². The van der Waals surface area contributed by atoms with E-state index < -0.39 is 28.6 Å². The highest BCUT2D eigenvalue weighted by Gasteiger charge is 2.26. The van der Waals surface area contributed by atoms with Gasteiger partial charge >= 0.3 is 5.97 Å². The predicted octanol–water partition coefficient (Wildman–Crippen LogP) is 0.826. The highest BCUT2D eigenvalue weighted by atomic mass is 79.9. The van der Waals surface area contributed by atoms with Gasteiger partial charge in [-0.15, -0.1) is 0 Å². The van der Waals surface area contributed by atoms with E-state index in [4.69, 9.17) is 21.8 Å². The van der Waals surface area contributed by atoms with Crippen LogP contribution in [0.25, 0.3) is 0 Å². The Kier molecular flexibility index (Phi) is 5.11. The summed E-state index contributed by atoms with van der Waals surface area (Å²) in [6, 6.07) is 2.43. The third kappa shape index (κ3) is 3.66. The molecule has 100 valence electrons. The number of carboxylic acids is 1. The summed E-state index contributed by atoms with van der Waals surface area (Å²) in [5.74, 6) is -1.48. The van der Waals surface area contributed by atoms with E-state index in [1.807, 2.05) is 4.72 Å². The number of aliphatic carboxylic acids is 1. The lowest BCUT2D eigenvalue weighted by molar-refractivity contribution is -0.139. The van der Waals surface area contributed by atoms with Gasteiger partial charge in [-0.05, 0) is 18.2 Å². The summed E-state index contributed by atoms with van der Waals surface area (Å²) in [7, 11) is -4.11. The van der Waals surface area contributed by atoms with Crippen molar-refractivity contribution in [1.29, 1.82) is 0 Å². The molecule has 0 saturated carbocycles. The Labute approximate surface area is 117 Å². The van der Waals surface area contributed by atoms with Gasteiger partial charge in [0.1, 0.15) is 10.9 Å². The van der Waals surface area contributed by atoms with Crippen molar-refractivity contribution in [2.24, 2.45) is 0 Å². The molecule has 3 N–H and O–H groups in total. The second-order valence-electron chi connectivity index (χ2n) is 3.27. The lowest BCUT2D eigenvalue weighted by Gasteiger charge is -2.13. The number of hydrogen-bond acceptors (Lipinski definition) is 4. The van der Waals surface area contributed by atoms with Crippen molar-refractivity contribution in [1.82, 2.24) is 4.72 Å². The number of carbonyl (C=O) groups is 1. The Morgan fingerprint density at radius 1 is 1.50 bits per heavy atom. The summed E-state index contributed by atoms with van der Waals surface area (Å²) in [4.78, 5) is 10.4. The molecule has 0 aliphatic carbocycles. The summed E-state index contributed by atoms with van der Waals surface area (Å²) in [6.45, 7) is -0.858. The Morgan fingerprint density at radius 3 is 2.56 bits per heavy atom. The van der Waals surface area contributed by atoms with Crippen LogP contribution >= 0.6 is 27.5 Å². The second-order valence-corrected chi connectivity index (χ2v) is 6.27. The molecular formula is C9H9BrClNO5S. The zero-order valence-electron chi connectivity index (χ0n) is 8.80. The molecule has 0 spiro atoms. The van der Waals surface area contributed by atoms with Gasteiger partial charge < -0.3 is 10.2 Å². The fourth-order valence-corrected chi connectivity index (χ4v) is 3.33. The maximum atomic E-state index is 11.9. The molecule has 1 atom stereocenters.